The van der Waals surface area contributed by atoms with Gasteiger partial charge in [-0.25, -0.2) is 0 Å². The third kappa shape index (κ3) is 4.14. The zero-order valence-electron chi connectivity index (χ0n) is 10.8. The first-order valence-electron chi connectivity index (χ1n) is 5.90. The van der Waals surface area contributed by atoms with Crippen molar-refractivity contribution < 1.29 is 14.6 Å². The molecule has 0 aromatic heterocycles. The molecule has 0 amide bonds. The lowest BCUT2D eigenvalue weighted by molar-refractivity contribution is -0.136. The standard InChI is InChI=1S/C15H13IO3S/c1-19-14-9-13(5-2-10(14)8-15(17)18)20-12-6-3-11(16)4-7-12/h2-7,9H,8H2,1H3,(H,17,18). The number of carbonyl (C=O) groups is 1. The van der Waals surface area contributed by atoms with E-state index >= 15 is 0 Å². The molecule has 3 nitrogen and oxygen atoms in total. The van der Waals surface area contributed by atoms with Crippen molar-refractivity contribution in [1.82, 2.24) is 0 Å². The van der Waals surface area contributed by atoms with Crippen molar-refractivity contribution in [3.05, 3.63) is 51.6 Å². The summed E-state index contributed by atoms with van der Waals surface area (Å²) in [6.07, 6.45) is -0.0301. The van der Waals surface area contributed by atoms with Crippen molar-refractivity contribution >= 4 is 40.3 Å². The van der Waals surface area contributed by atoms with E-state index in [9.17, 15) is 4.79 Å². The molecule has 0 saturated carbocycles. The summed E-state index contributed by atoms with van der Waals surface area (Å²) >= 11 is 3.89. The number of aliphatic carboxylic acids is 1. The molecule has 0 saturated heterocycles. The Labute approximate surface area is 135 Å². The van der Waals surface area contributed by atoms with Gasteiger partial charge >= 0.3 is 5.97 Å². The lowest BCUT2D eigenvalue weighted by Crippen LogP contribution is -2.02. The average Bonchev–Trinajstić information content (AvgIpc) is 2.42. The second-order valence-corrected chi connectivity index (χ2v) is 6.49. The Kier molecular flexibility index (Phi) is 5.31. The molecular weight excluding hydrogens is 387 g/mol. The highest BCUT2D eigenvalue weighted by molar-refractivity contribution is 14.1. The number of ether oxygens (including phenoxy) is 1. The molecule has 2 aromatic rings. The van der Waals surface area contributed by atoms with Crippen LogP contribution in [0.4, 0.5) is 0 Å². The minimum Gasteiger partial charge on any atom is -0.496 e. The van der Waals surface area contributed by atoms with E-state index in [0.717, 1.165) is 9.79 Å². The number of carboxylic acid groups (broad SMARTS) is 1. The average molecular weight is 400 g/mol. The molecule has 0 aliphatic carbocycles. The van der Waals surface area contributed by atoms with Crippen LogP contribution in [0.5, 0.6) is 5.75 Å². The Morgan fingerprint density at radius 3 is 2.45 bits per heavy atom. The van der Waals surface area contributed by atoms with Gasteiger partial charge in [-0.2, -0.15) is 0 Å². The van der Waals surface area contributed by atoms with Crippen LogP contribution in [-0.4, -0.2) is 18.2 Å². The highest BCUT2D eigenvalue weighted by Crippen LogP contribution is 2.32. The molecule has 0 atom stereocenters. The highest BCUT2D eigenvalue weighted by atomic mass is 127. The molecule has 20 heavy (non-hydrogen) atoms. The van der Waals surface area contributed by atoms with E-state index in [4.69, 9.17) is 9.84 Å². The van der Waals surface area contributed by atoms with Crippen LogP contribution in [0.1, 0.15) is 5.56 Å². The maximum absolute atomic E-state index is 10.8. The Hall–Kier alpha value is -1.21. The van der Waals surface area contributed by atoms with Gasteiger partial charge in [0.2, 0.25) is 0 Å². The Bertz CT molecular complexity index is 611. The monoisotopic (exact) mass is 400 g/mol. The zero-order chi connectivity index (χ0) is 14.5. The lowest BCUT2D eigenvalue weighted by Gasteiger charge is -2.09. The molecule has 0 fully saturated rings. The number of rotatable bonds is 5. The smallest absolute Gasteiger partial charge is 0.307 e. The van der Waals surface area contributed by atoms with Crippen molar-refractivity contribution in [1.29, 1.82) is 0 Å². The largest absolute Gasteiger partial charge is 0.496 e. The predicted octanol–water partition coefficient (Wildman–Crippen LogP) is 4.08. The van der Waals surface area contributed by atoms with E-state index < -0.39 is 5.97 Å². The number of methoxy groups -OCH3 is 1. The van der Waals surface area contributed by atoms with Crippen LogP contribution in [0.2, 0.25) is 0 Å². The van der Waals surface area contributed by atoms with Crippen molar-refractivity contribution in [2.45, 2.75) is 16.2 Å². The molecule has 0 bridgehead atoms. The van der Waals surface area contributed by atoms with Crippen LogP contribution in [-0.2, 0) is 11.2 Å². The van der Waals surface area contributed by atoms with Gasteiger partial charge in [-0.05, 0) is 59.0 Å². The summed E-state index contributed by atoms with van der Waals surface area (Å²) in [7, 11) is 1.56. The van der Waals surface area contributed by atoms with Crippen molar-refractivity contribution in [3.63, 3.8) is 0 Å². The van der Waals surface area contributed by atoms with E-state index in [1.165, 1.54) is 3.57 Å². The number of halogens is 1. The summed E-state index contributed by atoms with van der Waals surface area (Å²) in [4.78, 5) is 12.9. The molecule has 0 aliphatic heterocycles. The predicted molar refractivity (Wildman–Crippen MR) is 87.6 cm³/mol. The van der Waals surface area contributed by atoms with Gasteiger partial charge in [0.15, 0.2) is 0 Å². The topological polar surface area (TPSA) is 46.5 Å². The third-order valence-corrected chi connectivity index (χ3v) is 4.37. The quantitative estimate of drug-likeness (QED) is 0.769. The van der Waals surface area contributed by atoms with Crippen molar-refractivity contribution in [2.24, 2.45) is 0 Å². The number of benzene rings is 2. The van der Waals surface area contributed by atoms with Gasteiger partial charge in [0.1, 0.15) is 5.75 Å². The van der Waals surface area contributed by atoms with Crippen LogP contribution in [0.3, 0.4) is 0 Å². The van der Waals surface area contributed by atoms with Crippen LogP contribution < -0.4 is 4.74 Å². The van der Waals surface area contributed by atoms with Gasteiger partial charge in [0, 0.05) is 18.9 Å². The van der Waals surface area contributed by atoms with Gasteiger partial charge < -0.3 is 9.84 Å². The molecule has 0 unspecified atom stereocenters. The normalized spacial score (nSPS) is 10.3. The van der Waals surface area contributed by atoms with E-state index in [1.54, 1.807) is 18.9 Å². The summed E-state index contributed by atoms with van der Waals surface area (Å²) in [6, 6.07) is 13.8. The summed E-state index contributed by atoms with van der Waals surface area (Å²) in [5.74, 6) is -0.246. The molecule has 0 heterocycles. The summed E-state index contributed by atoms with van der Waals surface area (Å²) in [6.45, 7) is 0. The summed E-state index contributed by atoms with van der Waals surface area (Å²) < 4.78 is 6.46. The Balaban J connectivity index is 2.20. The molecule has 0 spiro atoms. The van der Waals surface area contributed by atoms with E-state index in [1.807, 2.05) is 18.2 Å². The van der Waals surface area contributed by atoms with Gasteiger partial charge in [-0.3, -0.25) is 4.79 Å². The first-order valence-corrected chi connectivity index (χ1v) is 7.80. The van der Waals surface area contributed by atoms with Gasteiger partial charge in [0.05, 0.1) is 13.5 Å². The van der Waals surface area contributed by atoms with Gasteiger partial charge in [-0.15, -0.1) is 0 Å². The maximum atomic E-state index is 10.8. The summed E-state index contributed by atoms with van der Waals surface area (Å²) in [5.41, 5.74) is 0.687. The minimum atomic E-state index is -0.860. The van der Waals surface area contributed by atoms with Crippen LogP contribution in [0.15, 0.2) is 52.3 Å². The fraction of sp³-hybridized carbons (Fsp3) is 0.133. The fourth-order valence-corrected chi connectivity index (χ4v) is 2.94. The van der Waals surface area contributed by atoms with Gasteiger partial charge in [0.25, 0.3) is 0 Å². The highest BCUT2D eigenvalue weighted by Gasteiger charge is 2.09. The third-order valence-electron chi connectivity index (χ3n) is 2.65. The molecule has 1 N–H and O–H groups in total. The fourth-order valence-electron chi connectivity index (χ4n) is 1.74. The molecule has 0 aliphatic rings. The number of carboxylic acids is 1. The number of hydrogen-bond acceptors (Lipinski definition) is 3. The maximum Gasteiger partial charge on any atom is 0.307 e. The SMILES string of the molecule is COc1cc(Sc2ccc(I)cc2)ccc1CC(=O)O. The molecule has 0 radical (unpaired) electrons. The Morgan fingerprint density at radius 1 is 1.20 bits per heavy atom. The second kappa shape index (κ2) is 6.99. The molecule has 104 valence electrons. The first-order chi connectivity index (χ1) is 9.58. The van der Waals surface area contributed by atoms with Crippen molar-refractivity contribution in [2.75, 3.05) is 7.11 Å². The molecular formula is C15H13IO3S. The van der Waals surface area contributed by atoms with Crippen LogP contribution >= 0.6 is 34.4 Å². The molecule has 5 heteroatoms. The minimum absolute atomic E-state index is 0.0301. The van der Waals surface area contributed by atoms with Crippen molar-refractivity contribution in [3.8, 4) is 5.75 Å². The van der Waals surface area contributed by atoms with E-state index in [-0.39, 0.29) is 6.42 Å². The van der Waals surface area contributed by atoms with Crippen LogP contribution in [0, 0.1) is 3.57 Å². The van der Waals surface area contributed by atoms with Gasteiger partial charge in [-0.1, -0.05) is 17.8 Å². The number of hydrogen-bond donors (Lipinski definition) is 1. The summed E-state index contributed by atoms with van der Waals surface area (Å²) in [5, 5.41) is 8.86. The van der Waals surface area contributed by atoms with Crippen LogP contribution in [0.25, 0.3) is 0 Å². The molecule has 2 rings (SSSR count). The first kappa shape index (κ1) is 15.2. The molecule has 2 aromatic carbocycles. The zero-order valence-corrected chi connectivity index (χ0v) is 13.8. The van der Waals surface area contributed by atoms with E-state index in [0.29, 0.717) is 11.3 Å². The van der Waals surface area contributed by atoms with E-state index in [2.05, 4.69) is 46.9 Å². The Morgan fingerprint density at radius 2 is 1.85 bits per heavy atom. The second-order valence-electron chi connectivity index (χ2n) is 4.10. The lowest BCUT2D eigenvalue weighted by atomic mass is 10.1.